The molecule has 0 atom stereocenters. The summed E-state index contributed by atoms with van der Waals surface area (Å²) >= 11 is 0. The zero-order valence-corrected chi connectivity index (χ0v) is 11.6. The van der Waals surface area contributed by atoms with Crippen molar-refractivity contribution >= 4 is 17.3 Å². The molecule has 0 N–H and O–H groups in total. The van der Waals surface area contributed by atoms with E-state index < -0.39 is 0 Å². The molecule has 1 aliphatic rings. The summed E-state index contributed by atoms with van der Waals surface area (Å²) in [6.45, 7) is 1.62. The fraction of sp³-hybridized carbons (Fsp3) is 0.235. The van der Waals surface area contributed by atoms with Crippen LogP contribution in [0.1, 0.15) is 5.56 Å². The third kappa shape index (κ3) is 2.39. The fourth-order valence-electron chi connectivity index (χ4n) is 2.63. The lowest BCUT2D eigenvalue weighted by atomic mass is 10.1. The summed E-state index contributed by atoms with van der Waals surface area (Å²) in [6.07, 6.45) is 0.457. The Bertz CT molecular complexity index is 609. The lowest BCUT2D eigenvalue weighted by Crippen LogP contribution is -2.43. The summed E-state index contributed by atoms with van der Waals surface area (Å²) in [5, 5.41) is 0. The molecule has 0 aliphatic carbocycles. The highest BCUT2D eigenvalue weighted by molar-refractivity contribution is 5.98. The molecule has 102 valence electrons. The van der Waals surface area contributed by atoms with Gasteiger partial charge in [-0.15, -0.1) is 0 Å². The summed E-state index contributed by atoms with van der Waals surface area (Å²) in [5.74, 6) is 0.164. The molecule has 2 aromatic rings. The van der Waals surface area contributed by atoms with E-state index in [4.69, 9.17) is 0 Å². The van der Waals surface area contributed by atoms with Gasteiger partial charge in [-0.3, -0.25) is 4.79 Å². The van der Waals surface area contributed by atoms with Gasteiger partial charge >= 0.3 is 0 Å². The van der Waals surface area contributed by atoms with Crippen molar-refractivity contribution in [2.24, 2.45) is 0 Å². The molecule has 0 radical (unpaired) electrons. The first kappa shape index (κ1) is 12.7. The first-order chi connectivity index (χ1) is 9.75. The largest absolute Gasteiger partial charge is 0.371 e. The predicted octanol–water partition coefficient (Wildman–Crippen LogP) is 2.71. The highest BCUT2D eigenvalue weighted by Gasteiger charge is 2.24. The molecule has 0 fully saturated rings. The third-order valence-electron chi connectivity index (χ3n) is 3.74. The van der Waals surface area contributed by atoms with Gasteiger partial charge in [0.2, 0.25) is 5.91 Å². The van der Waals surface area contributed by atoms with Crippen molar-refractivity contribution in [3.05, 3.63) is 60.2 Å². The molecule has 0 saturated carbocycles. The molecule has 0 aromatic heterocycles. The van der Waals surface area contributed by atoms with Crippen molar-refractivity contribution in [1.29, 1.82) is 0 Å². The highest BCUT2D eigenvalue weighted by atomic mass is 16.2. The van der Waals surface area contributed by atoms with E-state index in [2.05, 4.69) is 18.0 Å². The van der Waals surface area contributed by atoms with Crippen molar-refractivity contribution in [1.82, 2.24) is 0 Å². The number of rotatable bonds is 2. The Morgan fingerprint density at radius 2 is 1.60 bits per heavy atom. The van der Waals surface area contributed by atoms with Crippen molar-refractivity contribution in [2.45, 2.75) is 6.42 Å². The van der Waals surface area contributed by atoms with Gasteiger partial charge in [0.1, 0.15) is 0 Å². The molecule has 0 unspecified atom stereocenters. The van der Waals surface area contributed by atoms with E-state index in [9.17, 15) is 4.79 Å². The average Bonchev–Trinajstić information content (AvgIpc) is 2.49. The third-order valence-corrected chi connectivity index (χ3v) is 3.74. The number of fused-ring (bicyclic) bond motifs is 1. The van der Waals surface area contributed by atoms with Crippen LogP contribution in [0.5, 0.6) is 0 Å². The lowest BCUT2D eigenvalue weighted by molar-refractivity contribution is -0.118. The second-order valence-corrected chi connectivity index (χ2v) is 5.12. The van der Waals surface area contributed by atoms with Crippen LogP contribution in [0, 0.1) is 0 Å². The van der Waals surface area contributed by atoms with Gasteiger partial charge in [-0.25, -0.2) is 0 Å². The number of nitrogens with zero attached hydrogens (tertiary/aromatic N) is 2. The summed E-state index contributed by atoms with van der Waals surface area (Å²) < 4.78 is 0. The van der Waals surface area contributed by atoms with Gasteiger partial charge in [-0.2, -0.15) is 0 Å². The van der Waals surface area contributed by atoms with Crippen molar-refractivity contribution < 1.29 is 4.79 Å². The fourth-order valence-corrected chi connectivity index (χ4v) is 2.63. The van der Waals surface area contributed by atoms with E-state index in [1.54, 1.807) is 0 Å². The SMILES string of the molecule is CN1CCN(C(=O)Cc2ccccc2)c2ccccc21. The minimum atomic E-state index is 0.164. The van der Waals surface area contributed by atoms with Crippen LogP contribution in [0.3, 0.4) is 0 Å². The van der Waals surface area contributed by atoms with Crippen molar-refractivity contribution in [2.75, 3.05) is 29.9 Å². The van der Waals surface area contributed by atoms with E-state index >= 15 is 0 Å². The zero-order chi connectivity index (χ0) is 13.9. The number of likely N-dealkylation sites (N-methyl/N-ethyl adjacent to an activating group) is 1. The number of amides is 1. The number of hydrogen-bond donors (Lipinski definition) is 0. The number of anilines is 2. The van der Waals surface area contributed by atoms with Gasteiger partial charge in [0.25, 0.3) is 0 Å². The van der Waals surface area contributed by atoms with Crippen LogP contribution in [-0.2, 0) is 11.2 Å². The van der Waals surface area contributed by atoms with Crippen molar-refractivity contribution in [3.63, 3.8) is 0 Å². The molecular weight excluding hydrogens is 248 g/mol. The van der Waals surface area contributed by atoms with Gasteiger partial charge in [0, 0.05) is 20.1 Å². The Hall–Kier alpha value is -2.29. The maximum Gasteiger partial charge on any atom is 0.231 e. The molecule has 0 saturated heterocycles. The quantitative estimate of drug-likeness (QED) is 0.834. The molecule has 1 amide bonds. The van der Waals surface area contributed by atoms with E-state index in [0.717, 1.165) is 30.0 Å². The second kappa shape index (κ2) is 5.37. The summed E-state index contributed by atoms with van der Waals surface area (Å²) in [7, 11) is 2.07. The van der Waals surface area contributed by atoms with Gasteiger partial charge in [0.15, 0.2) is 0 Å². The summed E-state index contributed by atoms with van der Waals surface area (Å²) in [5.41, 5.74) is 3.20. The topological polar surface area (TPSA) is 23.6 Å². The molecule has 1 aliphatic heterocycles. The minimum absolute atomic E-state index is 0.164. The number of carbonyl (C=O) groups is 1. The Balaban J connectivity index is 1.84. The normalized spacial score (nSPS) is 14.1. The first-order valence-electron chi connectivity index (χ1n) is 6.90. The Morgan fingerprint density at radius 3 is 2.35 bits per heavy atom. The van der Waals surface area contributed by atoms with E-state index in [0.29, 0.717) is 6.42 Å². The van der Waals surface area contributed by atoms with Gasteiger partial charge < -0.3 is 9.80 Å². The summed E-state index contributed by atoms with van der Waals surface area (Å²) in [4.78, 5) is 16.6. The molecule has 20 heavy (non-hydrogen) atoms. The summed E-state index contributed by atoms with van der Waals surface area (Å²) in [6, 6.07) is 18.0. The first-order valence-corrected chi connectivity index (χ1v) is 6.90. The molecule has 0 bridgehead atoms. The lowest BCUT2D eigenvalue weighted by Gasteiger charge is -2.35. The molecule has 3 rings (SSSR count). The van der Waals surface area contributed by atoms with Crippen molar-refractivity contribution in [3.8, 4) is 0 Å². The minimum Gasteiger partial charge on any atom is -0.371 e. The number of hydrogen-bond acceptors (Lipinski definition) is 2. The van der Waals surface area contributed by atoms with Crippen LogP contribution in [0.15, 0.2) is 54.6 Å². The molecule has 3 heteroatoms. The number of carbonyl (C=O) groups excluding carboxylic acids is 1. The maximum absolute atomic E-state index is 12.5. The predicted molar refractivity (Wildman–Crippen MR) is 82.2 cm³/mol. The Kier molecular flexibility index (Phi) is 3.42. The number of para-hydroxylation sites is 2. The monoisotopic (exact) mass is 266 g/mol. The average molecular weight is 266 g/mol. The number of benzene rings is 2. The van der Waals surface area contributed by atoms with Crippen LogP contribution in [0.2, 0.25) is 0 Å². The van der Waals surface area contributed by atoms with E-state index in [1.807, 2.05) is 53.4 Å². The van der Waals surface area contributed by atoms with Crippen LogP contribution in [0.4, 0.5) is 11.4 Å². The Labute approximate surface area is 119 Å². The van der Waals surface area contributed by atoms with Crippen LogP contribution >= 0.6 is 0 Å². The smallest absolute Gasteiger partial charge is 0.231 e. The highest BCUT2D eigenvalue weighted by Crippen LogP contribution is 2.32. The standard InChI is InChI=1S/C17H18N2O/c1-18-11-12-19(16-10-6-5-9-15(16)18)17(20)13-14-7-3-2-4-8-14/h2-10H,11-13H2,1H3. The van der Waals surface area contributed by atoms with Crippen LogP contribution < -0.4 is 9.80 Å². The molecule has 1 heterocycles. The molecular formula is C17H18N2O. The van der Waals surface area contributed by atoms with Crippen LogP contribution in [0.25, 0.3) is 0 Å². The Morgan fingerprint density at radius 1 is 0.950 bits per heavy atom. The van der Waals surface area contributed by atoms with Gasteiger partial charge in [-0.1, -0.05) is 42.5 Å². The van der Waals surface area contributed by atoms with Crippen LogP contribution in [-0.4, -0.2) is 26.0 Å². The second-order valence-electron chi connectivity index (χ2n) is 5.12. The molecule has 2 aromatic carbocycles. The molecule has 3 nitrogen and oxygen atoms in total. The van der Waals surface area contributed by atoms with Gasteiger partial charge in [-0.05, 0) is 17.7 Å². The zero-order valence-electron chi connectivity index (χ0n) is 11.6. The van der Waals surface area contributed by atoms with E-state index in [1.165, 1.54) is 0 Å². The molecule has 0 spiro atoms. The van der Waals surface area contributed by atoms with Gasteiger partial charge in [0.05, 0.1) is 17.8 Å². The maximum atomic E-state index is 12.5. The van der Waals surface area contributed by atoms with E-state index in [-0.39, 0.29) is 5.91 Å².